The van der Waals surface area contributed by atoms with Crippen LogP contribution in [0.2, 0.25) is 0 Å². The predicted molar refractivity (Wildman–Crippen MR) is 132 cm³/mol. The van der Waals surface area contributed by atoms with Crippen molar-refractivity contribution in [3.63, 3.8) is 0 Å². The fraction of sp³-hybridized carbons (Fsp3) is 0.240. The molecule has 1 heterocycles. The van der Waals surface area contributed by atoms with Crippen LogP contribution in [0.4, 0.5) is 29.3 Å². The van der Waals surface area contributed by atoms with Crippen LogP contribution < -0.4 is 31.2 Å². The lowest BCUT2D eigenvalue weighted by Gasteiger charge is -2.21. The van der Waals surface area contributed by atoms with Crippen LogP contribution in [0.25, 0.3) is 0 Å². The predicted octanol–water partition coefficient (Wildman–Crippen LogP) is 5.01. The Balaban J connectivity index is 1.73. The third-order valence-corrected chi connectivity index (χ3v) is 4.68. The monoisotopic (exact) mass is 517 g/mol. The van der Waals surface area contributed by atoms with Gasteiger partial charge in [0.1, 0.15) is 29.5 Å². The molecule has 1 aromatic heterocycles. The Kier molecular flexibility index (Phi) is 8.23. The van der Waals surface area contributed by atoms with Gasteiger partial charge in [0.15, 0.2) is 0 Å². The summed E-state index contributed by atoms with van der Waals surface area (Å²) in [5, 5.41) is 7.55. The summed E-state index contributed by atoms with van der Waals surface area (Å²) < 4.78 is 50.8. The van der Waals surface area contributed by atoms with Gasteiger partial charge in [-0.1, -0.05) is 6.07 Å². The third kappa shape index (κ3) is 8.10. The maximum Gasteiger partial charge on any atom is 0.416 e. The first-order valence-electron chi connectivity index (χ1n) is 11.0. The van der Waals surface area contributed by atoms with E-state index in [1.807, 2.05) is 0 Å². The number of pyridine rings is 1. The van der Waals surface area contributed by atoms with Crippen molar-refractivity contribution in [2.24, 2.45) is 5.73 Å². The van der Waals surface area contributed by atoms with E-state index in [0.717, 1.165) is 18.2 Å². The minimum absolute atomic E-state index is 0.0284. The van der Waals surface area contributed by atoms with E-state index in [9.17, 15) is 22.8 Å². The highest BCUT2D eigenvalue weighted by Crippen LogP contribution is 2.35. The molecule has 0 radical (unpaired) electrons. The maximum absolute atomic E-state index is 13.2. The number of halogens is 3. The van der Waals surface area contributed by atoms with E-state index in [2.05, 4.69) is 20.9 Å². The zero-order valence-corrected chi connectivity index (χ0v) is 20.3. The molecule has 0 aliphatic carbocycles. The Hall–Kier alpha value is -4.32. The minimum Gasteiger partial charge on any atom is -0.489 e. The minimum atomic E-state index is -4.59. The second-order valence-electron chi connectivity index (χ2n) is 8.65. The van der Waals surface area contributed by atoms with Crippen LogP contribution in [-0.2, 0) is 6.18 Å². The highest BCUT2D eigenvalue weighted by atomic mass is 19.4. The molecule has 3 amide bonds. The molecular weight excluding hydrogens is 491 g/mol. The molecule has 3 rings (SSSR count). The van der Waals surface area contributed by atoms with Crippen LogP contribution in [-0.4, -0.2) is 36.1 Å². The van der Waals surface area contributed by atoms with Crippen molar-refractivity contribution >= 4 is 23.3 Å². The van der Waals surface area contributed by atoms with Gasteiger partial charge < -0.3 is 31.2 Å². The number of urea groups is 1. The summed E-state index contributed by atoms with van der Waals surface area (Å²) in [5.74, 6) is 0.157. The number of hydrogen-bond acceptors (Lipinski definition) is 6. The lowest BCUT2D eigenvalue weighted by atomic mass is 10.1. The molecule has 12 heteroatoms. The first-order chi connectivity index (χ1) is 17.3. The van der Waals surface area contributed by atoms with Gasteiger partial charge in [-0.3, -0.25) is 9.78 Å². The Morgan fingerprint density at radius 2 is 1.73 bits per heavy atom. The number of carbonyl (C=O) groups excluding carboxylic acids is 2. The van der Waals surface area contributed by atoms with Crippen LogP contribution in [0.1, 0.15) is 29.9 Å². The summed E-state index contributed by atoms with van der Waals surface area (Å²) in [6.07, 6.45) is -3.17. The van der Waals surface area contributed by atoms with E-state index in [-0.39, 0.29) is 29.6 Å². The number of nitrogens with one attached hydrogen (secondary N) is 3. The molecule has 0 fully saturated rings. The number of nitrogens with zero attached hydrogens (tertiary/aromatic N) is 1. The SMILES string of the molecule is CNC(=O)c1cc(Oc2cccc(NC(=O)Nc3ccc(C(F)(F)F)cc3OCC(C)(C)N)c2)ccn1. The van der Waals surface area contributed by atoms with Crippen LogP contribution in [0.5, 0.6) is 17.2 Å². The van der Waals surface area contributed by atoms with Gasteiger partial charge in [-0.05, 0) is 50.2 Å². The fourth-order valence-electron chi connectivity index (χ4n) is 2.97. The number of hydrogen-bond donors (Lipinski definition) is 4. The molecule has 0 unspecified atom stereocenters. The lowest BCUT2D eigenvalue weighted by molar-refractivity contribution is -0.137. The molecule has 0 spiro atoms. The molecule has 5 N–H and O–H groups in total. The largest absolute Gasteiger partial charge is 0.489 e. The second kappa shape index (κ2) is 11.2. The van der Waals surface area contributed by atoms with Gasteiger partial charge in [-0.25, -0.2) is 4.79 Å². The van der Waals surface area contributed by atoms with E-state index in [0.29, 0.717) is 17.2 Å². The van der Waals surface area contributed by atoms with Gasteiger partial charge in [0.25, 0.3) is 5.91 Å². The first kappa shape index (κ1) is 27.3. The number of rotatable bonds is 8. The van der Waals surface area contributed by atoms with E-state index in [1.54, 1.807) is 38.1 Å². The summed E-state index contributed by atoms with van der Waals surface area (Å²) in [5.41, 5.74) is 4.67. The Morgan fingerprint density at radius 1 is 1.00 bits per heavy atom. The van der Waals surface area contributed by atoms with Crippen molar-refractivity contribution in [1.29, 1.82) is 0 Å². The molecule has 0 bridgehead atoms. The molecule has 2 aromatic carbocycles. The van der Waals surface area contributed by atoms with Crippen LogP contribution in [0.3, 0.4) is 0 Å². The third-order valence-electron chi connectivity index (χ3n) is 4.68. The van der Waals surface area contributed by atoms with Crippen molar-refractivity contribution < 1.29 is 32.2 Å². The average molecular weight is 518 g/mol. The number of anilines is 2. The first-order valence-corrected chi connectivity index (χ1v) is 11.0. The number of aromatic nitrogens is 1. The zero-order chi connectivity index (χ0) is 27.2. The summed E-state index contributed by atoms with van der Waals surface area (Å²) >= 11 is 0. The number of carbonyl (C=O) groups is 2. The van der Waals surface area contributed by atoms with Gasteiger partial charge in [0.05, 0.1) is 11.3 Å². The topological polar surface area (TPSA) is 128 Å². The molecular formula is C25H26F3N5O4. The molecule has 3 aromatic rings. The van der Waals surface area contributed by atoms with Gasteiger partial charge >= 0.3 is 12.2 Å². The van der Waals surface area contributed by atoms with Gasteiger partial charge in [-0.15, -0.1) is 0 Å². The van der Waals surface area contributed by atoms with Gasteiger partial charge in [0, 0.05) is 36.6 Å². The van der Waals surface area contributed by atoms with Gasteiger partial charge in [-0.2, -0.15) is 13.2 Å². The summed E-state index contributed by atoms with van der Waals surface area (Å²) in [4.78, 5) is 28.4. The molecule has 0 saturated carbocycles. The lowest BCUT2D eigenvalue weighted by Crippen LogP contribution is -2.38. The van der Waals surface area contributed by atoms with Crippen LogP contribution >= 0.6 is 0 Å². The average Bonchev–Trinajstić information content (AvgIpc) is 2.82. The fourth-order valence-corrected chi connectivity index (χ4v) is 2.97. The number of amides is 3. The molecule has 9 nitrogen and oxygen atoms in total. The number of nitrogens with two attached hydrogens (primary N) is 1. The van der Waals surface area contributed by atoms with Crippen molar-refractivity contribution in [2.45, 2.75) is 25.6 Å². The standard InChI is InChI=1S/C25H26F3N5O4/c1-24(2,29)14-36-21-11-15(25(26,27)28)7-8-19(21)33-23(35)32-16-5-4-6-17(12-16)37-18-9-10-31-20(13-18)22(34)30-3/h4-13H,14,29H2,1-3H3,(H,30,34)(H2,32,33,35). The normalized spacial score (nSPS) is 11.4. The Bertz CT molecular complexity index is 1280. The summed E-state index contributed by atoms with van der Waals surface area (Å²) in [6.45, 7) is 3.22. The highest BCUT2D eigenvalue weighted by molar-refractivity contribution is 6.00. The molecule has 37 heavy (non-hydrogen) atoms. The summed E-state index contributed by atoms with van der Waals surface area (Å²) in [6, 6.07) is 11.4. The molecule has 0 aliphatic heterocycles. The second-order valence-corrected chi connectivity index (χ2v) is 8.65. The van der Waals surface area contributed by atoms with Crippen molar-refractivity contribution in [1.82, 2.24) is 10.3 Å². The number of alkyl halides is 3. The molecule has 0 saturated heterocycles. The zero-order valence-electron chi connectivity index (χ0n) is 20.3. The van der Waals surface area contributed by atoms with Crippen molar-refractivity contribution in [2.75, 3.05) is 24.3 Å². The van der Waals surface area contributed by atoms with E-state index in [1.165, 1.54) is 25.4 Å². The molecule has 196 valence electrons. The molecule has 0 aliphatic rings. The Morgan fingerprint density at radius 3 is 2.41 bits per heavy atom. The van der Waals surface area contributed by atoms with Crippen molar-refractivity contribution in [3.05, 3.63) is 72.1 Å². The highest BCUT2D eigenvalue weighted by Gasteiger charge is 2.31. The van der Waals surface area contributed by atoms with Gasteiger partial charge in [0.2, 0.25) is 0 Å². The number of benzene rings is 2. The van der Waals surface area contributed by atoms with Crippen LogP contribution in [0.15, 0.2) is 60.8 Å². The number of ether oxygens (including phenoxy) is 2. The molecule has 0 atom stereocenters. The quantitative estimate of drug-likeness (QED) is 0.333. The van der Waals surface area contributed by atoms with E-state index >= 15 is 0 Å². The van der Waals surface area contributed by atoms with Crippen LogP contribution in [0, 0.1) is 0 Å². The maximum atomic E-state index is 13.2. The Labute approximate surface area is 211 Å². The van der Waals surface area contributed by atoms with E-state index in [4.69, 9.17) is 15.2 Å². The van der Waals surface area contributed by atoms with E-state index < -0.39 is 23.3 Å². The summed E-state index contributed by atoms with van der Waals surface area (Å²) in [7, 11) is 1.48. The van der Waals surface area contributed by atoms with Crippen molar-refractivity contribution in [3.8, 4) is 17.2 Å². The smallest absolute Gasteiger partial charge is 0.416 e.